The van der Waals surface area contributed by atoms with Crippen LogP contribution in [0, 0.1) is 6.42 Å². The molecule has 0 bridgehead atoms. The number of halogens is 2. The van der Waals surface area contributed by atoms with Crippen LogP contribution in [0.15, 0.2) is 54.6 Å². The van der Waals surface area contributed by atoms with E-state index in [2.05, 4.69) is 54.6 Å². The zero-order chi connectivity index (χ0) is 11.4. The third-order valence-electron chi connectivity index (χ3n) is 2.52. The predicted octanol–water partition coefficient (Wildman–Crippen LogP) is -1.05. The molecular formula is C16H16Cl2Zr. The van der Waals surface area contributed by atoms with E-state index < -0.39 is 0 Å². The third kappa shape index (κ3) is 4.99. The van der Waals surface area contributed by atoms with Crippen LogP contribution in [0.4, 0.5) is 0 Å². The van der Waals surface area contributed by atoms with Crippen LogP contribution in [-0.4, -0.2) is 0 Å². The van der Waals surface area contributed by atoms with Crippen molar-refractivity contribution in [2.24, 2.45) is 0 Å². The van der Waals surface area contributed by atoms with Crippen molar-refractivity contribution in [1.82, 2.24) is 0 Å². The van der Waals surface area contributed by atoms with E-state index in [1.54, 1.807) is 0 Å². The second-order valence-corrected chi connectivity index (χ2v) is 3.90. The molecule has 0 saturated carbocycles. The van der Waals surface area contributed by atoms with Gasteiger partial charge in [0.1, 0.15) is 0 Å². The third-order valence-corrected chi connectivity index (χ3v) is 2.52. The Morgan fingerprint density at radius 3 is 1.42 bits per heavy atom. The number of hydrogen-bond acceptors (Lipinski definition) is 0. The van der Waals surface area contributed by atoms with Gasteiger partial charge in [0.15, 0.2) is 0 Å². The van der Waals surface area contributed by atoms with Crippen molar-refractivity contribution in [1.29, 1.82) is 0 Å². The van der Waals surface area contributed by atoms with Crippen LogP contribution in [0.2, 0.25) is 0 Å². The summed E-state index contributed by atoms with van der Waals surface area (Å²) in [6.45, 7) is 4.00. The zero-order valence-corrected chi connectivity index (χ0v) is 15.0. The van der Waals surface area contributed by atoms with Gasteiger partial charge in [0, 0.05) is 0 Å². The maximum absolute atomic E-state index is 2.24. The van der Waals surface area contributed by atoms with E-state index in [-0.39, 0.29) is 51.0 Å². The largest absolute Gasteiger partial charge is 4.00 e. The monoisotopic (exact) mass is 368 g/mol. The van der Waals surface area contributed by atoms with Gasteiger partial charge in [-0.15, -0.1) is 39.7 Å². The van der Waals surface area contributed by atoms with Gasteiger partial charge < -0.3 is 31.2 Å². The van der Waals surface area contributed by atoms with E-state index in [0.29, 0.717) is 0 Å². The molecule has 19 heavy (non-hydrogen) atoms. The van der Waals surface area contributed by atoms with Crippen LogP contribution in [0.5, 0.6) is 0 Å². The Labute approximate surface area is 146 Å². The second kappa shape index (κ2) is 10.5. The molecule has 0 aliphatic heterocycles. The molecule has 3 rings (SSSR count). The molecule has 0 N–H and O–H groups in total. The summed E-state index contributed by atoms with van der Waals surface area (Å²) in [5.74, 6) is 0. The second-order valence-electron chi connectivity index (χ2n) is 3.90. The van der Waals surface area contributed by atoms with Crippen LogP contribution < -0.4 is 24.8 Å². The van der Waals surface area contributed by atoms with Crippen LogP contribution in [0.3, 0.4) is 0 Å². The number of benzene rings is 2. The molecule has 0 heterocycles. The van der Waals surface area contributed by atoms with Crippen molar-refractivity contribution in [2.75, 3.05) is 0 Å². The van der Waals surface area contributed by atoms with Gasteiger partial charge in [0.2, 0.25) is 0 Å². The van der Waals surface area contributed by atoms with E-state index in [9.17, 15) is 0 Å². The Kier molecular flexibility index (Phi) is 11.7. The molecule has 0 radical (unpaired) electrons. The fourth-order valence-corrected chi connectivity index (χ4v) is 1.90. The molecule has 98 valence electrons. The minimum atomic E-state index is 0. The first-order valence-corrected chi connectivity index (χ1v) is 5.64. The molecule has 3 heteroatoms. The van der Waals surface area contributed by atoms with Crippen molar-refractivity contribution < 1.29 is 51.0 Å². The van der Waals surface area contributed by atoms with Gasteiger partial charge in [-0.2, -0.15) is 13.8 Å². The van der Waals surface area contributed by atoms with Crippen molar-refractivity contribution in [2.45, 2.75) is 13.8 Å². The van der Waals surface area contributed by atoms with Gasteiger partial charge in [-0.3, -0.25) is 0 Å². The molecule has 0 saturated heterocycles. The van der Waals surface area contributed by atoms with Gasteiger partial charge >= 0.3 is 26.2 Å². The minimum absolute atomic E-state index is 0. The smallest absolute Gasteiger partial charge is 1.00 e. The normalized spacial score (nSPS) is 8.53. The Bertz CT molecular complexity index is 537. The Balaban J connectivity index is 0. The molecule has 0 amide bonds. The molecule has 0 aromatic heterocycles. The number of rotatable bonds is 0. The van der Waals surface area contributed by atoms with Crippen LogP contribution in [0.1, 0.15) is 13.8 Å². The van der Waals surface area contributed by atoms with Gasteiger partial charge in [-0.25, -0.2) is 0 Å². The van der Waals surface area contributed by atoms with Crippen LogP contribution in [0.25, 0.3) is 21.5 Å². The van der Waals surface area contributed by atoms with Gasteiger partial charge in [-0.05, 0) is 0 Å². The number of fused-ring (bicyclic) bond motifs is 3. The predicted molar refractivity (Wildman–Crippen MR) is 72.7 cm³/mol. The van der Waals surface area contributed by atoms with Crippen molar-refractivity contribution >= 4 is 21.5 Å². The summed E-state index contributed by atoms with van der Waals surface area (Å²) in [5, 5.41) is 5.39. The molecule has 0 nitrogen and oxygen atoms in total. The van der Waals surface area contributed by atoms with E-state index in [1.165, 1.54) is 21.5 Å². The van der Waals surface area contributed by atoms with Gasteiger partial charge in [0.05, 0.1) is 0 Å². The van der Waals surface area contributed by atoms with Crippen molar-refractivity contribution in [3.05, 3.63) is 61.0 Å². The quantitative estimate of drug-likeness (QED) is 0.443. The molecular weight excluding hydrogens is 354 g/mol. The summed E-state index contributed by atoms with van der Waals surface area (Å²) in [6, 6.07) is 19.3. The van der Waals surface area contributed by atoms with E-state index >= 15 is 0 Å². The summed E-state index contributed by atoms with van der Waals surface area (Å²) >= 11 is 0. The molecule has 0 fully saturated rings. The molecule has 0 unspecified atom stereocenters. The Hall–Kier alpha value is -0.227. The molecule has 0 spiro atoms. The van der Waals surface area contributed by atoms with Gasteiger partial charge in [-0.1, -0.05) is 36.4 Å². The first-order chi connectivity index (χ1) is 7.86. The van der Waals surface area contributed by atoms with E-state index in [4.69, 9.17) is 0 Å². The molecule has 0 atom stereocenters. The number of hydrogen-bond donors (Lipinski definition) is 0. The summed E-state index contributed by atoms with van der Waals surface area (Å²) < 4.78 is 0. The summed E-state index contributed by atoms with van der Waals surface area (Å²) in [5.41, 5.74) is 0. The van der Waals surface area contributed by atoms with Crippen molar-refractivity contribution in [3.63, 3.8) is 0 Å². The van der Waals surface area contributed by atoms with E-state index in [1.807, 2.05) is 20.3 Å². The standard InChI is InChI=1S/C13H9.C3H7.2ClH.Zr/c1-3-7-12-10(5-1)9-11-6-2-4-8-13(11)12;1-3-2;;;/h1-9H;3H,1-2H3;2*1H;/q2*-1;;;+4/p-2. The van der Waals surface area contributed by atoms with E-state index in [0.717, 1.165) is 0 Å². The molecule has 3 aromatic rings. The van der Waals surface area contributed by atoms with Gasteiger partial charge in [0.25, 0.3) is 0 Å². The Morgan fingerprint density at radius 1 is 0.737 bits per heavy atom. The first-order valence-electron chi connectivity index (χ1n) is 5.64. The zero-order valence-electron chi connectivity index (χ0n) is 11.0. The Morgan fingerprint density at radius 2 is 1.05 bits per heavy atom. The SMILES string of the molecule is C[CH-]C.[Cl-].[Cl-].[Zr+4].c1ccc2c(c1)[cH-]c1ccccc12. The molecule has 0 aliphatic carbocycles. The summed E-state index contributed by atoms with van der Waals surface area (Å²) in [6.07, 6.45) is 2.00. The van der Waals surface area contributed by atoms with Crippen LogP contribution in [-0.2, 0) is 26.2 Å². The maximum atomic E-state index is 2.24. The average Bonchev–Trinajstić information content (AvgIpc) is 2.68. The molecule has 0 aliphatic rings. The van der Waals surface area contributed by atoms with Crippen molar-refractivity contribution in [3.8, 4) is 0 Å². The minimum Gasteiger partial charge on any atom is -1.00 e. The topological polar surface area (TPSA) is 0 Å². The first kappa shape index (κ1) is 21.1. The molecule has 3 aromatic carbocycles. The summed E-state index contributed by atoms with van der Waals surface area (Å²) in [4.78, 5) is 0. The summed E-state index contributed by atoms with van der Waals surface area (Å²) in [7, 11) is 0. The fraction of sp³-hybridized carbons (Fsp3) is 0.125. The van der Waals surface area contributed by atoms with Crippen LogP contribution >= 0.6 is 0 Å². The fourth-order valence-electron chi connectivity index (χ4n) is 1.90. The maximum Gasteiger partial charge on any atom is 4.00 e. The average molecular weight is 370 g/mol.